The van der Waals surface area contributed by atoms with E-state index < -0.39 is 0 Å². The van der Waals surface area contributed by atoms with Gasteiger partial charge in [-0.05, 0) is 60.6 Å². The molecule has 0 aliphatic carbocycles. The van der Waals surface area contributed by atoms with Crippen molar-refractivity contribution in [3.63, 3.8) is 0 Å². The molecule has 8 aromatic carbocycles. The number of fused-ring (bicyclic) bond motifs is 5. The highest BCUT2D eigenvalue weighted by Crippen LogP contribution is 2.38. The van der Waals surface area contributed by atoms with Crippen molar-refractivity contribution in [1.29, 1.82) is 0 Å². The Morgan fingerprint density at radius 1 is 0.250 bits per heavy atom. The first kappa shape index (κ1) is 27.8. The molecule has 9 rings (SSSR count). The maximum absolute atomic E-state index is 5.04. The molecule has 0 atom stereocenters. The van der Waals surface area contributed by atoms with Crippen LogP contribution in [0.25, 0.3) is 88.7 Å². The minimum Gasteiger partial charge on any atom is -0.208 e. The largest absolute Gasteiger partial charge is 0.208 e. The third-order valence-electron chi connectivity index (χ3n) is 9.14. The fourth-order valence-corrected chi connectivity index (χ4v) is 6.82. The summed E-state index contributed by atoms with van der Waals surface area (Å²) >= 11 is 0. The molecule has 3 heteroatoms. The summed E-state index contributed by atoms with van der Waals surface area (Å²) in [6.07, 6.45) is 0. The van der Waals surface area contributed by atoms with Gasteiger partial charge >= 0.3 is 0 Å². The highest BCUT2D eigenvalue weighted by molar-refractivity contribution is 6.19. The van der Waals surface area contributed by atoms with E-state index in [9.17, 15) is 0 Å². The van der Waals surface area contributed by atoms with Crippen LogP contribution in [0.3, 0.4) is 0 Å². The van der Waals surface area contributed by atoms with E-state index in [1.807, 2.05) is 60.7 Å². The predicted molar refractivity (Wildman–Crippen MR) is 200 cm³/mol. The Bertz CT molecular complexity index is 2550. The zero-order chi connectivity index (χ0) is 31.9. The van der Waals surface area contributed by atoms with E-state index in [0.717, 1.165) is 27.8 Å². The minimum absolute atomic E-state index is 0.646. The Kier molecular flexibility index (Phi) is 6.80. The van der Waals surface area contributed by atoms with E-state index in [1.165, 1.54) is 43.4 Å². The second-order valence-electron chi connectivity index (χ2n) is 12.0. The second kappa shape index (κ2) is 11.7. The third kappa shape index (κ3) is 4.90. The van der Waals surface area contributed by atoms with Crippen LogP contribution >= 0.6 is 0 Å². The lowest BCUT2D eigenvalue weighted by molar-refractivity contribution is 1.07. The van der Waals surface area contributed by atoms with E-state index in [4.69, 9.17) is 15.0 Å². The van der Waals surface area contributed by atoms with Crippen molar-refractivity contribution in [2.45, 2.75) is 0 Å². The van der Waals surface area contributed by atoms with Crippen LogP contribution in [0.15, 0.2) is 176 Å². The first-order valence-electron chi connectivity index (χ1n) is 16.2. The summed E-state index contributed by atoms with van der Waals surface area (Å²) in [4.78, 5) is 15.0. The lowest BCUT2D eigenvalue weighted by Crippen LogP contribution is -2.01. The number of aromatic nitrogens is 3. The van der Waals surface area contributed by atoms with Gasteiger partial charge in [0.25, 0.3) is 0 Å². The van der Waals surface area contributed by atoms with Gasteiger partial charge in [0.1, 0.15) is 0 Å². The topological polar surface area (TPSA) is 38.7 Å². The van der Waals surface area contributed by atoms with Gasteiger partial charge in [-0.25, -0.2) is 15.0 Å². The van der Waals surface area contributed by atoms with Crippen LogP contribution in [0.2, 0.25) is 0 Å². The molecule has 0 saturated carbocycles. The Morgan fingerprint density at radius 2 is 0.708 bits per heavy atom. The molecule has 1 heterocycles. The molecule has 0 unspecified atom stereocenters. The number of nitrogens with zero attached hydrogens (tertiary/aromatic N) is 3. The summed E-state index contributed by atoms with van der Waals surface area (Å²) in [6, 6.07) is 61.7. The lowest BCUT2D eigenvalue weighted by atomic mass is 9.91. The van der Waals surface area contributed by atoms with Gasteiger partial charge in [-0.2, -0.15) is 0 Å². The monoisotopic (exact) mass is 611 g/mol. The molecule has 0 fully saturated rings. The fourth-order valence-electron chi connectivity index (χ4n) is 6.82. The van der Waals surface area contributed by atoms with Crippen molar-refractivity contribution in [1.82, 2.24) is 15.0 Å². The zero-order valence-corrected chi connectivity index (χ0v) is 26.1. The van der Waals surface area contributed by atoms with Crippen LogP contribution in [0, 0.1) is 0 Å². The Balaban J connectivity index is 1.19. The standard InChI is InChI=1S/C45H29N3/c1-3-14-31(15-4-1)43-46-44(32-16-5-2-6-17-32)48-45(47-43)42-22-10-9-21-37(42)34-19-11-18-33(29-34)36-23-12-24-38-40(36)28-27-39-35-20-8-7-13-30(35)25-26-41(38)39/h1-29H. The molecular formula is C45H29N3. The Hall–Kier alpha value is -6.45. The van der Waals surface area contributed by atoms with Crippen LogP contribution < -0.4 is 0 Å². The SMILES string of the molecule is c1ccc(-c2nc(-c3ccccc3)nc(-c3ccccc3-c3cccc(-c4cccc5c4ccc4c6ccccc6ccc54)c3)n2)cc1. The van der Waals surface area contributed by atoms with E-state index in [-0.39, 0.29) is 0 Å². The van der Waals surface area contributed by atoms with Crippen molar-refractivity contribution in [3.8, 4) is 56.4 Å². The molecule has 0 radical (unpaired) electrons. The quantitative estimate of drug-likeness (QED) is 0.182. The normalized spacial score (nSPS) is 11.3. The maximum atomic E-state index is 5.04. The Labute approximate surface area is 278 Å². The molecule has 0 amide bonds. The number of benzene rings is 8. The first-order chi connectivity index (χ1) is 23.8. The molecule has 3 nitrogen and oxygen atoms in total. The van der Waals surface area contributed by atoms with Crippen LogP contribution in [-0.4, -0.2) is 15.0 Å². The molecule has 9 aromatic rings. The molecule has 1 aromatic heterocycles. The maximum Gasteiger partial charge on any atom is 0.164 e. The summed E-state index contributed by atoms with van der Waals surface area (Å²) in [5.41, 5.74) is 7.42. The van der Waals surface area contributed by atoms with Gasteiger partial charge in [0.05, 0.1) is 0 Å². The van der Waals surface area contributed by atoms with Crippen LogP contribution in [0.1, 0.15) is 0 Å². The van der Waals surface area contributed by atoms with Crippen LogP contribution in [0.5, 0.6) is 0 Å². The lowest BCUT2D eigenvalue weighted by Gasteiger charge is -2.14. The molecule has 0 N–H and O–H groups in total. The van der Waals surface area contributed by atoms with Gasteiger partial charge in [-0.1, -0.05) is 170 Å². The van der Waals surface area contributed by atoms with E-state index >= 15 is 0 Å². The van der Waals surface area contributed by atoms with E-state index in [2.05, 4.69) is 115 Å². The Morgan fingerprint density at radius 3 is 1.46 bits per heavy atom. The smallest absolute Gasteiger partial charge is 0.164 e. The number of hydrogen-bond donors (Lipinski definition) is 0. The van der Waals surface area contributed by atoms with Crippen molar-refractivity contribution in [2.75, 3.05) is 0 Å². The third-order valence-corrected chi connectivity index (χ3v) is 9.14. The summed E-state index contributed by atoms with van der Waals surface area (Å²) in [5, 5.41) is 7.59. The fraction of sp³-hybridized carbons (Fsp3) is 0. The van der Waals surface area contributed by atoms with Crippen LogP contribution in [0.4, 0.5) is 0 Å². The highest BCUT2D eigenvalue weighted by atomic mass is 15.0. The van der Waals surface area contributed by atoms with Gasteiger partial charge in [-0.15, -0.1) is 0 Å². The molecule has 0 spiro atoms. The van der Waals surface area contributed by atoms with Gasteiger partial charge in [-0.3, -0.25) is 0 Å². The molecule has 0 aliphatic rings. The molecule has 48 heavy (non-hydrogen) atoms. The molecule has 0 aliphatic heterocycles. The highest BCUT2D eigenvalue weighted by Gasteiger charge is 2.16. The van der Waals surface area contributed by atoms with Gasteiger partial charge in [0.15, 0.2) is 17.5 Å². The van der Waals surface area contributed by atoms with Crippen molar-refractivity contribution in [3.05, 3.63) is 176 Å². The van der Waals surface area contributed by atoms with Crippen molar-refractivity contribution in [2.24, 2.45) is 0 Å². The first-order valence-corrected chi connectivity index (χ1v) is 16.2. The summed E-state index contributed by atoms with van der Waals surface area (Å²) in [7, 11) is 0. The van der Waals surface area contributed by atoms with E-state index in [0.29, 0.717) is 17.5 Å². The molecular weight excluding hydrogens is 583 g/mol. The van der Waals surface area contributed by atoms with Crippen molar-refractivity contribution < 1.29 is 0 Å². The van der Waals surface area contributed by atoms with Gasteiger partial charge in [0.2, 0.25) is 0 Å². The molecule has 0 bridgehead atoms. The summed E-state index contributed by atoms with van der Waals surface area (Å²) in [6.45, 7) is 0. The zero-order valence-electron chi connectivity index (χ0n) is 26.1. The predicted octanol–water partition coefficient (Wildman–Crippen LogP) is 11.7. The number of rotatable bonds is 5. The number of hydrogen-bond acceptors (Lipinski definition) is 3. The molecule has 224 valence electrons. The second-order valence-corrected chi connectivity index (χ2v) is 12.0. The van der Waals surface area contributed by atoms with Gasteiger partial charge in [0, 0.05) is 16.7 Å². The minimum atomic E-state index is 0.646. The summed E-state index contributed by atoms with van der Waals surface area (Å²) < 4.78 is 0. The molecule has 0 saturated heterocycles. The average Bonchev–Trinajstić information content (AvgIpc) is 3.18. The average molecular weight is 612 g/mol. The van der Waals surface area contributed by atoms with E-state index in [1.54, 1.807) is 0 Å². The van der Waals surface area contributed by atoms with Crippen molar-refractivity contribution >= 4 is 32.3 Å². The summed E-state index contributed by atoms with van der Waals surface area (Å²) in [5.74, 6) is 1.95. The van der Waals surface area contributed by atoms with Gasteiger partial charge < -0.3 is 0 Å². The van der Waals surface area contributed by atoms with Crippen LogP contribution in [-0.2, 0) is 0 Å².